The van der Waals surface area contributed by atoms with Crippen LogP contribution in [0.5, 0.6) is 0 Å². The molecule has 0 spiro atoms. The summed E-state index contributed by atoms with van der Waals surface area (Å²) in [5, 5.41) is 3.20. The van der Waals surface area contributed by atoms with Gasteiger partial charge in [-0.25, -0.2) is 13.1 Å². The van der Waals surface area contributed by atoms with Crippen molar-refractivity contribution in [2.75, 3.05) is 7.05 Å². The van der Waals surface area contributed by atoms with E-state index in [1.165, 1.54) is 0 Å². The van der Waals surface area contributed by atoms with Gasteiger partial charge in [0, 0.05) is 11.6 Å². The first-order chi connectivity index (χ1) is 9.75. The smallest absolute Gasteiger partial charge is 0.241 e. The molecule has 0 aliphatic carbocycles. The van der Waals surface area contributed by atoms with Crippen LogP contribution in [0.25, 0.3) is 0 Å². The van der Waals surface area contributed by atoms with Gasteiger partial charge in [0.1, 0.15) is 0 Å². The van der Waals surface area contributed by atoms with Crippen LogP contribution in [-0.4, -0.2) is 21.0 Å². The third kappa shape index (κ3) is 5.09. The second-order valence-corrected chi connectivity index (χ2v) is 7.74. The molecule has 120 valence electrons. The minimum atomic E-state index is -3.49. The van der Waals surface area contributed by atoms with Crippen molar-refractivity contribution in [3.63, 3.8) is 0 Å². The summed E-state index contributed by atoms with van der Waals surface area (Å²) < 4.78 is 27.9. The molecule has 0 aliphatic rings. The maximum Gasteiger partial charge on any atom is 0.241 e. The molecule has 0 fully saturated rings. The van der Waals surface area contributed by atoms with E-state index in [1.54, 1.807) is 18.2 Å². The van der Waals surface area contributed by atoms with E-state index in [1.807, 2.05) is 27.0 Å². The lowest BCUT2D eigenvalue weighted by Gasteiger charge is -2.25. The first kappa shape index (κ1) is 18.1. The van der Waals surface area contributed by atoms with Gasteiger partial charge in [0.2, 0.25) is 10.0 Å². The van der Waals surface area contributed by atoms with Crippen LogP contribution >= 0.6 is 0 Å². The van der Waals surface area contributed by atoms with Crippen LogP contribution in [0.2, 0.25) is 0 Å². The summed E-state index contributed by atoms with van der Waals surface area (Å²) in [7, 11) is -1.60. The molecule has 0 amide bonds. The van der Waals surface area contributed by atoms with Crippen LogP contribution in [0.15, 0.2) is 29.2 Å². The third-order valence-corrected chi connectivity index (χ3v) is 5.31. The van der Waals surface area contributed by atoms with E-state index < -0.39 is 15.6 Å². The van der Waals surface area contributed by atoms with E-state index in [0.29, 0.717) is 4.90 Å². The molecule has 1 rings (SSSR count). The van der Waals surface area contributed by atoms with Crippen molar-refractivity contribution < 1.29 is 8.42 Å². The minimum Gasteiger partial charge on any atom is -0.313 e. The van der Waals surface area contributed by atoms with Gasteiger partial charge in [0.15, 0.2) is 0 Å². The average Bonchev–Trinajstić information content (AvgIpc) is 2.39. The Bertz CT molecular complexity index is 549. The standard InChI is InChI=1S/C16H28N2O2S/c1-6-11-16(3,4)18-21(19,20)14-10-8-9-13(12-14)15(7-2)17-5/h8-10,12,15,17-18H,6-7,11H2,1-5H3. The van der Waals surface area contributed by atoms with Gasteiger partial charge in [0.25, 0.3) is 0 Å². The van der Waals surface area contributed by atoms with Crippen molar-refractivity contribution in [2.24, 2.45) is 0 Å². The van der Waals surface area contributed by atoms with Crippen molar-refractivity contribution in [3.8, 4) is 0 Å². The summed E-state index contributed by atoms with van der Waals surface area (Å²) in [6, 6.07) is 7.34. The van der Waals surface area contributed by atoms with Gasteiger partial charge >= 0.3 is 0 Å². The normalized spacial score (nSPS) is 14.1. The number of benzene rings is 1. The van der Waals surface area contributed by atoms with E-state index in [4.69, 9.17) is 0 Å². The Morgan fingerprint density at radius 2 is 1.90 bits per heavy atom. The molecule has 0 aliphatic heterocycles. The molecule has 0 radical (unpaired) electrons. The molecule has 0 aromatic heterocycles. The highest BCUT2D eigenvalue weighted by atomic mass is 32.2. The zero-order chi connectivity index (χ0) is 16.1. The summed E-state index contributed by atoms with van der Waals surface area (Å²) in [6.45, 7) is 7.96. The number of hydrogen-bond donors (Lipinski definition) is 2. The summed E-state index contributed by atoms with van der Waals surface area (Å²) in [6.07, 6.45) is 2.65. The predicted octanol–water partition coefficient (Wildman–Crippen LogP) is 3.21. The number of hydrogen-bond acceptors (Lipinski definition) is 3. The highest BCUT2D eigenvalue weighted by molar-refractivity contribution is 7.89. The van der Waals surface area contributed by atoms with Crippen LogP contribution in [0, 0.1) is 0 Å². The van der Waals surface area contributed by atoms with Crippen molar-refractivity contribution >= 4 is 10.0 Å². The lowest BCUT2D eigenvalue weighted by Crippen LogP contribution is -2.43. The van der Waals surface area contributed by atoms with E-state index in [2.05, 4.69) is 23.9 Å². The van der Waals surface area contributed by atoms with Crippen LogP contribution in [-0.2, 0) is 10.0 Å². The van der Waals surface area contributed by atoms with Crippen LogP contribution < -0.4 is 10.0 Å². The van der Waals surface area contributed by atoms with Crippen molar-refractivity contribution in [3.05, 3.63) is 29.8 Å². The Labute approximate surface area is 129 Å². The van der Waals surface area contributed by atoms with Crippen molar-refractivity contribution in [1.82, 2.24) is 10.0 Å². The van der Waals surface area contributed by atoms with Gasteiger partial charge < -0.3 is 5.32 Å². The topological polar surface area (TPSA) is 58.2 Å². The van der Waals surface area contributed by atoms with Gasteiger partial charge in [-0.3, -0.25) is 0 Å². The summed E-state index contributed by atoms with van der Waals surface area (Å²) in [5.74, 6) is 0. The maximum atomic E-state index is 12.5. The molecule has 0 saturated carbocycles. The Morgan fingerprint density at radius 3 is 2.43 bits per heavy atom. The molecule has 1 aromatic carbocycles. The number of nitrogens with one attached hydrogen (secondary N) is 2. The summed E-state index contributed by atoms with van der Waals surface area (Å²) >= 11 is 0. The molecule has 0 heterocycles. The average molecular weight is 312 g/mol. The first-order valence-corrected chi connectivity index (χ1v) is 9.05. The van der Waals surface area contributed by atoms with E-state index >= 15 is 0 Å². The summed E-state index contributed by atoms with van der Waals surface area (Å²) in [5.41, 5.74) is 0.563. The quantitative estimate of drug-likeness (QED) is 0.775. The molecule has 1 unspecified atom stereocenters. The monoisotopic (exact) mass is 312 g/mol. The molecule has 2 N–H and O–H groups in total. The lowest BCUT2D eigenvalue weighted by atomic mass is 10.0. The molecule has 4 nitrogen and oxygen atoms in total. The fourth-order valence-corrected chi connectivity index (χ4v) is 4.10. The first-order valence-electron chi connectivity index (χ1n) is 7.57. The molecule has 5 heteroatoms. The van der Waals surface area contributed by atoms with Gasteiger partial charge in [-0.2, -0.15) is 0 Å². The van der Waals surface area contributed by atoms with Crippen LogP contribution in [0.1, 0.15) is 58.6 Å². The lowest BCUT2D eigenvalue weighted by molar-refractivity contribution is 0.417. The molecule has 1 atom stereocenters. The van der Waals surface area contributed by atoms with E-state index in [9.17, 15) is 8.42 Å². The fourth-order valence-electron chi connectivity index (χ4n) is 2.60. The molecule has 21 heavy (non-hydrogen) atoms. The van der Waals surface area contributed by atoms with Gasteiger partial charge in [-0.15, -0.1) is 0 Å². The second kappa shape index (κ2) is 7.38. The maximum absolute atomic E-state index is 12.5. The molecule has 1 aromatic rings. The third-order valence-electron chi connectivity index (χ3n) is 3.61. The minimum absolute atomic E-state index is 0.170. The van der Waals surface area contributed by atoms with Gasteiger partial charge in [-0.05, 0) is 51.4 Å². The second-order valence-electron chi connectivity index (χ2n) is 6.06. The van der Waals surface area contributed by atoms with Crippen LogP contribution in [0.3, 0.4) is 0 Å². The SMILES string of the molecule is CCCC(C)(C)NS(=O)(=O)c1cccc(C(CC)NC)c1. The fraction of sp³-hybridized carbons (Fsp3) is 0.625. The molecule has 0 saturated heterocycles. The highest BCUT2D eigenvalue weighted by Crippen LogP contribution is 2.22. The largest absolute Gasteiger partial charge is 0.313 e. The van der Waals surface area contributed by atoms with E-state index in [-0.39, 0.29) is 6.04 Å². The van der Waals surface area contributed by atoms with Crippen molar-refractivity contribution in [2.45, 2.75) is 63.4 Å². The van der Waals surface area contributed by atoms with E-state index in [0.717, 1.165) is 24.8 Å². The Morgan fingerprint density at radius 1 is 1.24 bits per heavy atom. The Kier molecular flexibility index (Phi) is 6.38. The molecule has 0 bridgehead atoms. The van der Waals surface area contributed by atoms with Crippen LogP contribution in [0.4, 0.5) is 0 Å². The highest BCUT2D eigenvalue weighted by Gasteiger charge is 2.25. The molecular weight excluding hydrogens is 284 g/mol. The van der Waals surface area contributed by atoms with Gasteiger partial charge in [0.05, 0.1) is 4.90 Å². The number of rotatable bonds is 8. The zero-order valence-electron chi connectivity index (χ0n) is 13.7. The summed E-state index contributed by atoms with van der Waals surface area (Å²) in [4.78, 5) is 0.331. The van der Waals surface area contributed by atoms with Crippen molar-refractivity contribution in [1.29, 1.82) is 0 Å². The Balaban J connectivity index is 3.07. The van der Waals surface area contributed by atoms with Gasteiger partial charge in [-0.1, -0.05) is 32.4 Å². The number of sulfonamides is 1. The molecular formula is C16H28N2O2S. The predicted molar refractivity (Wildman–Crippen MR) is 87.8 cm³/mol. The Hall–Kier alpha value is -0.910. The zero-order valence-corrected chi connectivity index (χ0v) is 14.5.